The highest BCUT2D eigenvalue weighted by atomic mass is 32.1. The van der Waals surface area contributed by atoms with Gasteiger partial charge in [0.05, 0.1) is 11.3 Å². The summed E-state index contributed by atoms with van der Waals surface area (Å²) in [4.78, 5) is 12.4. The van der Waals surface area contributed by atoms with Crippen LogP contribution in [0.25, 0.3) is 10.1 Å². The number of anilines is 2. The summed E-state index contributed by atoms with van der Waals surface area (Å²) in [6.07, 6.45) is 0. The first-order valence-corrected chi connectivity index (χ1v) is 7.41. The standard InChI is InChI=1S/C16H15N3OS/c1-10-2-4-13(14(8-10)19-17)16(20)18-12-3-5-15-11(9-12)6-7-21-15/h2-9,19H,17H2,1H3,(H,18,20). The van der Waals surface area contributed by atoms with Crippen molar-refractivity contribution in [3.63, 3.8) is 0 Å². The molecule has 4 N–H and O–H groups in total. The second kappa shape index (κ2) is 5.55. The number of carbonyl (C=O) groups is 1. The topological polar surface area (TPSA) is 67.2 Å². The summed E-state index contributed by atoms with van der Waals surface area (Å²) in [6.45, 7) is 1.95. The van der Waals surface area contributed by atoms with E-state index in [-0.39, 0.29) is 5.91 Å². The molecule has 1 amide bonds. The zero-order chi connectivity index (χ0) is 14.8. The monoisotopic (exact) mass is 297 g/mol. The summed E-state index contributed by atoms with van der Waals surface area (Å²) in [7, 11) is 0. The molecule has 0 aliphatic carbocycles. The molecule has 5 heteroatoms. The molecule has 0 fully saturated rings. The number of amides is 1. The molecule has 1 aromatic heterocycles. The van der Waals surface area contributed by atoms with Crippen molar-refractivity contribution in [2.45, 2.75) is 6.92 Å². The van der Waals surface area contributed by atoms with Crippen LogP contribution in [-0.2, 0) is 0 Å². The van der Waals surface area contributed by atoms with E-state index in [9.17, 15) is 4.79 Å². The van der Waals surface area contributed by atoms with E-state index in [2.05, 4.69) is 10.7 Å². The maximum Gasteiger partial charge on any atom is 0.257 e. The minimum absolute atomic E-state index is 0.183. The quantitative estimate of drug-likeness (QED) is 0.509. The third-order valence-electron chi connectivity index (χ3n) is 3.29. The summed E-state index contributed by atoms with van der Waals surface area (Å²) >= 11 is 1.68. The van der Waals surface area contributed by atoms with E-state index in [4.69, 9.17) is 5.84 Å². The summed E-state index contributed by atoms with van der Waals surface area (Å²) in [5.74, 6) is 5.30. The van der Waals surface area contributed by atoms with E-state index in [0.717, 1.165) is 16.6 Å². The highest BCUT2D eigenvalue weighted by Gasteiger charge is 2.11. The first kappa shape index (κ1) is 13.6. The van der Waals surface area contributed by atoms with Crippen molar-refractivity contribution in [1.29, 1.82) is 0 Å². The van der Waals surface area contributed by atoms with Gasteiger partial charge in [-0.05, 0) is 59.7 Å². The lowest BCUT2D eigenvalue weighted by Crippen LogP contribution is -2.17. The van der Waals surface area contributed by atoms with Gasteiger partial charge < -0.3 is 10.7 Å². The van der Waals surface area contributed by atoms with Crippen LogP contribution >= 0.6 is 11.3 Å². The van der Waals surface area contributed by atoms with Gasteiger partial charge in [0.25, 0.3) is 5.91 Å². The van der Waals surface area contributed by atoms with Crippen molar-refractivity contribution < 1.29 is 4.79 Å². The molecular formula is C16H15N3OS. The largest absolute Gasteiger partial charge is 0.323 e. The van der Waals surface area contributed by atoms with Crippen LogP contribution in [0.5, 0.6) is 0 Å². The summed E-state index contributed by atoms with van der Waals surface area (Å²) in [5, 5.41) is 6.06. The Labute approximate surface area is 126 Å². The van der Waals surface area contributed by atoms with Crippen molar-refractivity contribution in [3.8, 4) is 0 Å². The fraction of sp³-hybridized carbons (Fsp3) is 0.0625. The predicted octanol–water partition coefficient (Wildman–Crippen LogP) is 3.75. The van der Waals surface area contributed by atoms with Crippen LogP contribution in [0.15, 0.2) is 47.8 Å². The maximum absolute atomic E-state index is 12.4. The number of nitrogen functional groups attached to an aromatic ring is 1. The Morgan fingerprint density at radius 2 is 2.00 bits per heavy atom. The van der Waals surface area contributed by atoms with E-state index in [1.807, 2.05) is 48.7 Å². The highest BCUT2D eigenvalue weighted by Crippen LogP contribution is 2.25. The van der Waals surface area contributed by atoms with Gasteiger partial charge in [-0.25, -0.2) is 0 Å². The Bertz CT molecular complexity index is 810. The number of hydrogen-bond donors (Lipinski definition) is 3. The van der Waals surface area contributed by atoms with E-state index in [0.29, 0.717) is 11.3 Å². The Hall–Kier alpha value is -2.37. The second-order valence-corrected chi connectivity index (χ2v) is 5.77. The van der Waals surface area contributed by atoms with Crippen LogP contribution in [0.4, 0.5) is 11.4 Å². The minimum Gasteiger partial charge on any atom is -0.323 e. The van der Waals surface area contributed by atoms with Crippen molar-refractivity contribution in [3.05, 3.63) is 59.0 Å². The van der Waals surface area contributed by atoms with Crippen LogP contribution < -0.4 is 16.6 Å². The number of hydrazine groups is 1. The van der Waals surface area contributed by atoms with Crippen LogP contribution in [0, 0.1) is 6.92 Å². The third kappa shape index (κ3) is 2.74. The molecule has 3 aromatic rings. The lowest BCUT2D eigenvalue weighted by atomic mass is 10.1. The van der Waals surface area contributed by atoms with Gasteiger partial charge in [0.2, 0.25) is 0 Å². The molecule has 106 valence electrons. The number of aryl methyl sites for hydroxylation is 1. The molecule has 4 nitrogen and oxygen atoms in total. The molecule has 0 atom stereocenters. The molecule has 0 saturated carbocycles. The first-order valence-electron chi connectivity index (χ1n) is 6.53. The zero-order valence-corrected chi connectivity index (χ0v) is 12.3. The van der Waals surface area contributed by atoms with E-state index < -0.39 is 0 Å². The second-order valence-electron chi connectivity index (χ2n) is 4.82. The molecule has 0 aliphatic rings. The van der Waals surface area contributed by atoms with Crippen molar-refractivity contribution in [2.24, 2.45) is 5.84 Å². The molecule has 3 rings (SSSR count). The number of rotatable bonds is 3. The summed E-state index contributed by atoms with van der Waals surface area (Å²) in [5.41, 5.74) is 5.52. The first-order chi connectivity index (χ1) is 10.2. The molecule has 1 heterocycles. The molecule has 0 saturated heterocycles. The fourth-order valence-electron chi connectivity index (χ4n) is 2.22. The Balaban J connectivity index is 1.88. The van der Waals surface area contributed by atoms with Gasteiger partial charge in [0, 0.05) is 10.4 Å². The lowest BCUT2D eigenvalue weighted by molar-refractivity contribution is 0.102. The maximum atomic E-state index is 12.4. The highest BCUT2D eigenvalue weighted by molar-refractivity contribution is 7.17. The Morgan fingerprint density at radius 1 is 1.14 bits per heavy atom. The minimum atomic E-state index is -0.183. The SMILES string of the molecule is Cc1ccc(C(=O)Nc2ccc3sccc3c2)c(NN)c1. The van der Waals surface area contributed by atoms with Crippen LogP contribution in [0.3, 0.4) is 0 Å². The van der Waals surface area contributed by atoms with Gasteiger partial charge in [0.15, 0.2) is 0 Å². The molecular weight excluding hydrogens is 282 g/mol. The molecule has 2 aromatic carbocycles. The van der Waals surface area contributed by atoms with Gasteiger partial charge in [0.1, 0.15) is 0 Å². The van der Waals surface area contributed by atoms with Crippen molar-refractivity contribution in [1.82, 2.24) is 0 Å². The molecule has 0 radical (unpaired) electrons. The van der Waals surface area contributed by atoms with Gasteiger partial charge in [-0.15, -0.1) is 11.3 Å². The normalized spacial score (nSPS) is 10.6. The summed E-state index contributed by atoms with van der Waals surface area (Å²) in [6, 6.07) is 13.4. The van der Waals surface area contributed by atoms with E-state index in [1.54, 1.807) is 17.4 Å². The average Bonchev–Trinajstić information content (AvgIpc) is 2.94. The average molecular weight is 297 g/mol. The summed E-state index contributed by atoms with van der Waals surface area (Å²) < 4.78 is 1.20. The Kier molecular flexibility index (Phi) is 3.60. The Morgan fingerprint density at radius 3 is 2.81 bits per heavy atom. The molecule has 0 spiro atoms. The number of hydrogen-bond acceptors (Lipinski definition) is 4. The molecule has 21 heavy (non-hydrogen) atoms. The van der Waals surface area contributed by atoms with Crippen LogP contribution in [-0.4, -0.2) is 5.91 Å². The number of thiophene rings is 1. The van der Waals surface area contributed by atoms with Crippen LogP contribution in [0.2, 0.25) is 0 Å². The number of carbonyl (C=O) groups excluding carboxylic acids is 1. The van der Waals surface area contributed by atoms with E-state index in [1.165, 1.54) is 4.70 Å². The molecule has 0 unspecified atom stereocenters. The molecule has 0 aliphatic heterocycles. The zero-order valence-electron chi connectivity index (χ0n) is 11.5. The fourth-order valence-corrected chi connectivity index (χ4v) is 2.99. The van der Waals surface area contributed by atoms with Gasteiger partial charge >= 0.3 is 0 Å². The number of benzene rings is 2. The third-order valence-corrected chi connectivity index (χ3v) is 4.18. The van der Waals surface area contributed by atoms with Crippen molar-refractivity contribution in [2.75, 3.05) is 10.7 Å². The van der Waals surface area contributed by atoms with Crippen LogP contribution in [0.1, 0.15) is 15.9 Å². The lowest BCUT2D eigenvalue weighted by Gasteiger charge is -2.10. The number of fused-ring (bicyclic) bond motifs is 1. The predicted molar refractivity (Wildman–Crippen MR) is 88.8 cm³/mol. The van der Waals surface area contributed by atoms with Gasteiger partial charge in [-0.3, -0.25) is 10.6 Å². The van der Waals surface area contributed by atoms with E-state index >= 15 is 0 Å². The number of nitrogens with two attached hydrogens (primary N) is 1. The smallest absolute Gasteiger partial charge is 0.257 e. The number of nitrogens with one attached hydrogen (secondary N) is 2. The molecule has 0 bridgehead atoms. The van der Waals surface area contributed by atoms with Gasteiger partial charge in [-0.1, -0.05) is 6.07 Å². The van der Waals surface area contributed by atoms with Crippen molar-refractivity contribution >= 4 is 38.7 Å². The van der Waals surface area contributed by atoms with Gasteiger partial charge in [-0.2, -0.15) is 0 Å².